The quantitative estimate of drug-likeness (QED) is 0.765. The van der Waals surface area contributed by atoms with Crippen LogP contribution in [-0.2, 0) is 4.79 Å². The molecular weight excluding hydrogens is 376 g/mol. The number of para-hydroxylation sites is 1. The van der Waals surface area contributed by atoms with Crippen molar-refractivity contribution in [2.75, 3.05) is 18.4 Å². The second-order valence-electron chi connectivity index (χ2n) is 6.96. The molecule has 1 atom stereocenters. The van der Waals surface area contributed by atoms with E-state index in [0.717, 1.165) is 31.5 Å². The molecule has 1 saturated heterocycles. The van der Waals surface area contributed by atoms with E-state index < -0.39 is 6.10 Å². The van der Waals surface area contributed by atoms with Gasteiger partial charge in [-0.15, -0.1) is 0 Å². The van der Waals surface area contributed by atoms with Crippen molar-refractivity contribution in [2.24, 2.45) is 0 Å². The molecule has 1 aliphatic rings. The number of aryl methyl sites for hydroxylation is 1. The van der Waals surface area contributed by atoms with Crippen LogP contribution in [0.5, 0.6) is 5.75 Å². The SMILES string of the molecule is CCC(Oc1ccc(Cl)c(C)c1)C(=O)Nc1ccccc1C(=O)N1CCCC1. The minimum Gasteiger partial charge on any atom is -0.481 e. The first-order chi connectivity index (χ1) is 13.5. The van der Waals surface area contributed by atoms with Crippen LogP contribution in [0.25, 0.3) is 0 Å². The number of ether oxygens (including phenoxy) is 1. The summed E-state index contributed by atoms with van der Waals surface area (Å²) in [6.45, 7) is 5.29. The molecule has 28 heavy (non-hydrogen) atoms. The number of rotatable bonds is 6. The predicted octanol–water partition coefficient (Wildman–Crippen LogP) is 4.68. The normalized spacial score (nSPS) is 14.6. The highest BCUT2D eigenvalue weighted by Gasteiger charge is 2.24. The topological polar surface area (TPSA) is 58.6 Å². The van der Waals surface area contributed by atoms with Crippen LogP contribution in [0.15, 0.2) is 42.5 Å². The highest BCUT2D eigenvalue weighted by Crippen LogP contribution is 2.24. The molecule has 1 aliphatic heterocycles. The fraction of sp³-hybridized carbons (Fsp3) is 0.364. The van der Waals surface area contributed by atoms with E-state index in [9.17, 15) is 9.59 Å². The molecule has 1 N–H and O–H groups in total. The maximum Gasteiger partial charge on any atom is 0.265 e. The third-order valence-corrected chi connectivity index (χ3v) is 5.30. The van der Waals surface area contributed by atoms with Crippen molar-refractivity contribution in [2.45, 2.75) is 39.2 Å². The zero-order valence-corrected chi connectivity index (χ0v) is 17.0. The standard InChI is InChI=1S/C22H25ClN2O3/c1-3-20(28-16-10-11-18(23)15(2)14-16)21(26)24-19-9-5-4-8-17(19)22(27)25-12-6-7-13-25/h4-5,8-11,14,20H,3,6-7,12-13H2,1-2H3,(H,24,26). The van der Waals surface area contributed by atoms with Crippen LogP contribution >= 0.6 is 11.6 Å². The number of hydrogen-bond donors (Lipinski definition) is 1. The molecule has 3 rings (SSSR count). The molecule has 0 aromatic heterocycles. The predicted molar refractivity (Wildman–Crippen MR) is 111 cm³/mol. The summed E-state index contributed by atoms with van der Waals surface area (Å²) in [5, 5.41) is 3.53. The molecule has 0 spiro atoms. The highest BCUT2D eigenvalue weighted by molar-refractivity contribution is 6.31. The lowest BCUT2D eigenvalue weighted by Gasteiger charge is -2.20. The van der Waals surface area contributed by atoms with Crippen LogP contribution in [0.3, 0.4) is 0 Å². The van der Waals surface area contributed by atoms with Gasteiger partial charge in [0.25, 0.3) is 11.8 Å². The van der Waals surface area contributed by atoms with Gasteiger partial charge in [-0.05, 0) is 62.1 Å². The first-order valence-electron chi connectivity index (χ1n) is 9.61. The second-order valence-corrected chi connectivity index (χ2v) is 7.37. The fourth-order valence-corrected chi connectivity index (χ4v) is 3.38. The Morgan fingerprint density at radius 3 is 2.57 bits per heavy atom. The highest BCUT2D eigenvalue weighted by atomic mass is 35.5. The van der Waals surface area contributed by atoms with Crippen molar-refractivity contribution in [3.05, 3.63) is 58.6 Å². The summed E-state index contributed by atoms with van der Waals surface area (Å²) in [4.78, 5) is 27.4. The summed E-state index contributed by atoms with van der Waals surface area (Å²) in [7, 11) is 0. The molecule has 148 valence electrons. The van der Waals surface area contributed by atoms with Gasteiger partial charge in [-0.25, -0.2) is 0 Å². The molecular formula is C22H25ClN2O3. The molecule has 0 radical (unpaired) electrons. The Morgan fingerprint density at radius 1 is 1.18 bits per heavy atom. The molecule has 1 heterocycles. The number of anilines is 1. The number of benzene rings is 2. The second kappa shape index (κ2) is 9.11. The zero-order valence-electron chi connectivity index (χ0n) is 16.2. The van der Waals surface area contributed by atoms with Crippen LogP contribution < -0.4 is 10.1 Å². The molecule has 0 aliphatic carbocycles. The van der Waals surface area contributed by atoms with Crippen molar-refractivity contribution >= 4 is 29.1 Å². The number of nitrogens with one attached hydrogen (secondary N) is 1. The van der Waals surface area contributed by atoms with E-state index in [2.05, 4.69) is 5.32 Å². The summed E-state index contributed by atoms with van der Waals surface area (Å²) < 4.78 is 5.87. The number of hydrogen-bond acceptors (Lipinski definition) is 3. The first kappa shape index (κ1) is 20.2. The molecule has 5 nitrogen and oxygen atoms in total. The Labute approximate surface area is 170 Å². The van der Waals surface area contributed by atoms with E-state index in [0.29, 0.717) is 28.4 Å². The Kier molecular flexibility index (Phi) is 6.57. The minimum absolute atomic E-state index is 0.0457. The van der Waals surface area contributed by atoms with Gasteiger partial charge in [0.05, 0.1) is 11.3 Å². The maximum atomic E-state index is 12.8. The average molecular weight is 401 g/mol. The molecule has 2 aromatic carbocycles. The Balaban J connectivity index is 1.73. The fourth-order valence-electron chi connectivity index (χ4n) is 3.26. The summed E-state index contributed by atoms with van der Waals surface area (Å²) in [6, 6.07) is 12.4. The first-order valence-corrected chi connectivity index (χ1v) is 9.99. The van der Waals surface area contributed by atoms with Crippen molar-refractivity contribution < 1.29 is 14.3 Å². The van der Waals surface area contributed by atoms with E-state index >= 15 is 0 Å². The van der Waals surface area contributed by atoms with Crippen LogP contribution in [0.4, 0.5) is 5.69 Å². The zero-order chi connectivity index (χ0) is 20.1. The minimum atomic E-state index is -0.671. The van der Waals surface area contributed by atoms with Gasteiger partial charge in [-0.2, -0.15) is 0 Å². The number of carbonyl (C=O) groups is 2. The van der Waals surface area contributed by atoms with Gasteiger partial charge >= 0.3 is 0 Å². The van der Waals surface area contributed by atoms with Crippen molar-refractivity contribution in [1.82, 2.24) is 4.90 Å². The summed E-state index contributed by atoms with van der Waals surface area (Å²) in [5.41, 5.74) is 1.91. The van der Waals surface area contributed by atoms with E-state index in [1.54, 1.807) is 30.3 Å². The number of likely N-dealkylation sites (tertiary alicyclic amines) is 1. The van der Waals surface area contributed by atoms with E-state index in [4.69, 9.17) is 16.3 Å². The van der Waals surface area contributed by atoms with Gasteiger partial charge < -0.3 is 15.0 Å². The van der Waals surface area contributed by atoms with Crippen molar-refractivity contribution in [3.63, 3.8) is 0 Å². The third kappa shape index (κ3) is 4.65. The number of amides is 2. The van der Waals surface area contributed by atoms with Crippen LogP contribution in [0, 0.1) is 6.92 Å². The Bertz CT molecular complexity index is 863. The van der Waals surface area contributed by atoms with Gasteiger partial charge in [0, 0.05) is 18.1 Å². The van der Waals surface area contributed by atoms with Gasteiger partial charge in [-0.1, -0.05) is 30.7 Å². The molecule has 1 fully saturated rings. The van der Waals surface area contributed by atoms with Crippen LogP contribution in [0.1, 0.15) is 42.1 Å². The Morgan fingerprint density at radius 2 is 1.89 bits per heavy atom. The summed E-state index contributed by atoms with van der Waals surface area (Å²) in [5.74, 6) is 0.262. The van der Waals surface area contributed by atoms with Gasteiger partial charge in [0.1, 0.15) is 5.75 Å². The maximum absolute atomic E-state index is 12.8. The number of nitrogens with zero attached hydrogens (tertiary/aromatic N) is 1. The number of carbonyl (C=O) groups excluding carboxylic acids is 2. The largest absolute Gasteiger partial charge is 0.481 e. The molecule has 0 bridgehead atoms. The van der Waals surface area contributed by atoms with Crippen molar-refractivity contribution in [3.8, 4) is 5.75 Å². The van der Waals surface area contributed by atoms with Gasteiger partial charge in [-0.3, -0.25) is 9.59 Å². The molecule has 2 amide bonds. The average Bonchev–Trinajstić information content (AvgIpc) is 3.23. The molecule has 2 aromatic rings. The molecule has 1 unspecified atom stereocenters. The Hall–Kier alpha value is -2.53. The lowest BCUT2D eigenvalue weighted by atomic mass is 10.1. The lowest BCUT2D eigenvalue weighted by Crippen LogP contribution is -2.34. The summed E-state index contributed by atoms with van der Waals surface area (Å²) in [6.07, 6.45) is 1.87. The van der Waals surface area contributed by atoms with Gasteiger partial charge in [0.2, 0.25) is 0 Å². The number of halogens is 1. The summed E-state index contributed by atoms with van der Waals surface area (Å²) >= 11 is 6.05. The van der Waals surface area contributed by atoms with E-state index in [1.807, 2.05) is 30.9 Å². The smallest absolute Gasteiger partial charge is 0.265 e. The molecule has 6 heteroatoms. The monoisotopic (exact) mass is 400 g/mol. The van der Waals surface area contributed by atoms with E-state index in [1.165, 1.54) is 0 Å². The van der Waals surface area contributed by atoms with Crippen LogP contribution in [-0.4, -0.2) is 35.9 Å². The van der Waals surface area contributed by atoms with E-state index in [-0.39, 0.29) is 11.8 Å². The third-order valence-electron chi connectivity index (χ3n) is 4.88. The lowest BCUT2D eigenvalue weighted by molar-refractivity contribution is -0.122. The molecule has 0 saturated carbocycles. The van der Waals surface area contributed by atoms with Gasteiger partial charge in [0.15, 0.2) is 6.10 Å². The van der Waals surface area contributed by atoms with Crippen molar-refractivity contribution in [1.29, 1.82) is 0 Å². The van der Waals surface area contributed by atoms with Crippen LogP contribution in [0.2, 0.25) is 5.02 Å².